The van der Waals surface area contributed by atoms with Crippen LogP contribution in [0.1, 0.15) is 96.5 Å². The van der Waals surface area contributed by atoms with Gasteiger partial charge in [0.1, 0.15) is 0 Å². The fourth-order valence-corrected chi connectivity index (χ4v) is 4.43. The minimum atomic E-state index is 0.837. The molecule has 160 valence electrons. The third kappa shape index (κ3) is 10.3. The standard InChI is InChI=1S/C26H40N2S/c1-3-5-7-9-10-11-13-15-23-21-27-26(28-22-23)24-16-18-25(19-17-24)29-20-14-12-8-6-4-2/h16-19,21-22H,3-15,20H2,1-2H3. The molecule has 0 unspecified atom stereocenters. The van der Waals surface area contributed by atoms with Crippen LogP contribution in [0.4, 0.5) is 0 Å². The van der Waals surface area contributed by atoms with E-state index in [0.717, 1.165) is 17.8 Å². The van der Waals surface area contributed by atoms with Crippen molar-refractivity contribution in [1.82, 2.24) is 9.97 Å². The molecule has 0 amide bonds. The molecular formula is C26H40N2S. The lowest BCUT2D eigenvalue weighted by atomic mass is 10.1. The summed E-state index contributed by atoms with van der Waals surface area (Å²) in [6.07, 6.45) is 21.3. The van der Waals surface area contributed by atoms with Gasteiger partial charge in [-0.25, -0.2) is 9.97 Å². The molecule has 0 saturated carbocycles. The minimum absolute atomic E-state index is 0.837. The molecule has 1 aromatic carbocycles. The molecule has 0 N–H and O–H groups in total. The monoisotopic (exact) mass is 412 g/mol. The second-order valence-corrected chi connectivity index (χ2v) is 9.24. The SMILES string of the molecule is CCCCCCCCCc1cnc(-c2ccc(SCCCCCCC)cc2)nc1. The quantitative estimate of drug-likeness (QED) is 0.204. The smallest absolute Gasteiger partial charge is 0.159 e. The van der Waals surface area contributed by atoms with Crippen molar-refractivity contribution in [3.63, 3.8) is 0 Å². The molecule has 0 fully saturated rings. The highest BCUT2D eigenvalue weighted by atomic mass is 32.2. The van der Waals surface area contributed by atoms with Crippen molar-refractivity contribution in [3.05, 3.63) is 42.2 Å². The van der Waals surface area contributed by atoms with E-state index in [-0.39, 0.29) is 0 Å². The first-order chi connectivity index (χ1) is 14.3. The number of aromatic nitrogens is 2. The van der Waals surface area contributed by atoms with E-state index in [9.17, 15) is 0 Å². The van der Waals surface area contributed by atoms with Crippen molar-refractivity contribution < 1.29 is 0 Å². The second-order valence-electron chi connectivity index (χ2n) is 8.07. The van der Waals surface area contributed by atoms with Gasteiger partial charge in [0.05, 0.1) is 0 Å². The maximum Gasteiger partial charge on any atom is 0.159 e. The fraction of sp³-hybridized carbons (Fsp3) is 0.615. The van der Waals surface area contributed by atoms with Gasteiger partial charge in [0, 0.05) is 22.9 Å². The largest absolute Gasteiger partial charge is 0.236 e. The van der Waals surface area contributed by atoms with Crippen molar-refractivity contribution in [2.24, 2.45) is 0 Å². The number of nitrogens with zero attached hydrogens (tertiary/aromatic N) is 2. The Morgan fingerprint density at radius 1 is 0.655 bits per heavy atom. The van der Waals surface area contributed by atoms with Crippen molar-refractivity contribution in [1.29, 1.82) is 0 Å². The lowest BCUT2D eigenvalue weighted by Crippen LogP contribution is -1.93. The van der Waals surface area contributed by atoms with Crippen LogP contribution in [0, 0.1) is 0 Å². The van der Waals surface area contributed by atoms with Gasteiger partial charge in [0.2, 0.25) is 0 Å². The van der Waals surface area contributed by atoms with Gasteiger partial charge in [-0.3, -0.25) is 0 Å². The Labute approximate surface area is 183 Å². The zero-order valence-corrected chi connectivity index (χ0v) is 19.5. The fourth-order valence-electron chi connectivity index (χ4n) is 3.52. The Bertz CT molecular complexity index is 637. The Hall–Kier alpha value is -1.35. The van der Waals surface area contributed by atoms with Crippen LogP contribution in [-0.4, -0.2) is 15.7 Å². The number of aryl methyl sites for hydroxylation is 1. The first-order valence-corrected chi connectivity index (χ1v) is 12.9. The molecule has 1 heterocycles. The highest BCUT2D eigenvalue weighted by Crippen LogP contribution is 2.23. The van der Waals surface area contributed by atoms with Crippen molar-refractivity contribution in [2.45, 2.75) is 102 Å². The van der Waals surface area contributed by atoms with Gasteiger partial charge in [0.15, 0.2) is 5.82 Å². The summed E-state index contributed by atoms with van der Waals surface area (Å²) in [6.45, 7) is 4.54. The number of unbranched alkanes of at least 4 members (excludes halogenated alkanes) is 10. The molecule has 0 aliphatic rings. The third-order valence-electron chi connectivity index (χ3n) is 5.40. The van der Waals surface area contributed by atoms with Gasteiger partial charge in [-0.2, -0.15) is 0 Å². The molecule has 2 rings (SSSR count). The zero-order chi connectivity index (χ0) is 20.6. The van der Waals surface area contributed by atoms with Crippen LogP contribution in [0.3, 0.4) is 0 Å². The number of benzene rings is 1. The molecule has 2 aromatic rings. The average Bonchev–Trinajstić information content (AvgIpc) is 2.76. The topological polar surface area (TPSA) is 25.8 Å². The van der Waals surface area contributed by atoms with Gasteiger partial charge in [-0.1, -0.05) is 90.2 Å². The molecule has 1 aromatic heterocycles. The molecule has 0 radical (unpaired) electrons. The zero-order valence-electron chi connectivity index (χ0n) is 18.7. The Kier molecular flexibility index (Phi) is 12.8. The summed E-state index contributed by atoms with van der Waals surface area (Å²) in [4.78, 5) is 10.6. The molecule has 29 heavy (non-hydrogen) atoms. The number of hydrogen-bond donors (Lipinski definition) is 0. The summed E-state index contributed by atoms with van der Waals surface area (Å²) in [6, 6.07) is 8.74. The van der Waals surface area contributed by atoms with Crippen LogP contribution in [0.25, 0.3) is 11.4 Å². The van der Waals surface area contributed by atoms with Crippen molar-refractivity contribution in [3.8, 4) is 11.4 Å². The summed E-state index contributed by atoms with van der Waals surface area (Å²) < 4.78 is 0. The van der Waals surface area contributed by atoms with Crippen molar-refractivity contribution >= 4 is 11.8 Å². The summed E-state index contributed by atoms with van der Waals surface area (Å²) in [5.41, 5.74) is 2.37. The Morgan fingerprint density at radius 3 is 1.83 bits per heavy atom. The lowest BCUT2D eigenvalue weighted by molar-refractivity contribution is 0.589. The van der Waals surface area contributed by atoms with E-state index in [0.29, 0.717) is 0 Å². The van der Waals surface area contributed by atoms with Gasteiger partial charge in [-0.05, 0) is 42.7 Å². The van der Waals surface area contributed by atoms with Gasteiger partial charge >= 0.3 is 0 Å². The maximum atomic E-state index is 4.60. The first-order valence-electron chi connectivity index (χ1n) is 11.9. The van der Waals surface area contributed by atoms with Crippen molar-refractivity contribution in [2.75, 3.05) is 5.75 Å². The normalized spacial score (nSPS) is 11.1. The molecular weight excluding hydrogens is 372 g/mol. The molecule has 2 nitrogen and oxygen atoms in total. The summed E-state index contributed by atoms with van der Waals surface area (Å²) >= 11 is 1.96. The minimum Gasteiger partial charge on any atom is -0.236 e. The van der Waals surface area contributed by atoms with E-state index >= 15 is 0 Å². The Morgan fingerprint density at radius 2 is 1.21 bits per heavy atom. The maximum absolute atomic E-state index is 4.60. The highest BCUT2D eigenvalue weighted by molar-refractivity contribution is 7.99. The van der Waals surface area contributed by atoms with Crippen LogP contribution in [0.15, 0.2) is 41.6 Å². The van der Waals surface area contributed by atoms with E-state index in [1.807, 2.05) is 24.2 Å². The van der Waals surface area contributed by atoms with E-state index in [4.69, 9.17) is 0 Å². The predicted molar refractivity (Wildman–Crippen MR) is 129 cm³/mol. The third-order valence-corrected chi connectivity index (χ3v) is 6.50. The number of thioether (sulfide) groups is 1. The molecule has 0 aliphatic carbocycles. The average molecular weight is 413 g/mol. The molecule has 0 saturated heterocycles. The van der Waals surface area contributed by atoms with Crippen LogP contribution in [0.5, 0.6) is 0 Å². The van der Waals surface area contributed by atoms with Crippen LogP contribution >= 0.6 is 11.8 Å². The van der Waals surface area contributed by atoms with Gasteiger partial charge in [0.25, 0.3) is 0 Å². The molecule has 0 bridgehead atoms. The molecule has 0 atom stereocenters. The number of rotatable bonds is 16. The lowest BCUT2D eigenvalue weighted by Gasteiger charge is -2.05. The van der Waals surface area contributed by atoms with Crippen LogP contribution in [-0.2, 0) is 6.42 Å². The Balaban J connectivity index is 1.68. The summed E-state index contributed by atoms with van der Waals surface area (Å²) in [5, 5.41) is 0. The number of hydrogen-bond acceptors (Lipinski definition) is 3. The summed E-state index contributed by atoms with van der Waals surface area (Å²) in [5.74, 6) is 2.05. The molecule has 3 heteroatoms. The van der Waals surface area contributed by atoms with Crippen LogP contribution < -0.4 is 0 Å². The first kappa shape index (κ1) is 23.9. The van der Waals surface area contributed by atoms with Gasteiger partial charge < -0.3 is 0 Å². The highest BCUT2D eigenvalue weighted by Gasteiger charge is 2.03. The molecule has 0 spiro atoms. The van der Waals surface area contributed by atoms with E-state index in [1.54, 1.807) is 0 Å². The summed E-state index contributed by atoms with van der Waals surface area (Å²) in [7, 11) is 0. The van der Waals surface area contributed by atoms with Crippen LogP contribution in [0.2, 0.25) is 0 Å². The van der Waals surface area contributed by atoms with E-state index < -0.39 is 0 Å². The van der Waals surface area contributed by atoms with E-state index in [1.165, 1.54) is 93.3 Å². The van der Waals surface area contributed by atoms with E-state index in [2.05, 4.69) is 48.1 Å². The predicted octanol–water partition coefficient (Wildman–Crippen LogP) is 8.50. The van der Waals surface area contributed by atoms with Gasteiger partial charge in [-0.15, -0.1) is 11.8 Å². The second kappa shape index (κ2) is 15.5. The molecule has 0 aliphatic heterocycles.